The topological polar surface area (TPSA) is 70.5 Å². The highest BCUT2D eigenvalue weighted by Crippen LogP contribution is 2.48. The van der Waals surface area contributed by atoms with Gasteiger partial charge in [0.2, 0.25) is 5.82 Å². The predicted octanol–water partition coefficient (Wildman–Crippen LogP) is 8.33. The quantitative estimate of drug-likeness (QED) is 0.232. The Balaban J connectivity index is 2.28. The summed E-state index contributed by atoms with van der Waals surface area (Å²) in [5.41, 5.74) is -1.27. The molecule has 4 N–H and O–H groups in total. The summed E-state index contributed by atoms with van der Waals surface area (Å²) >= 11 is 0. The van der Waals surface area contributed by atoms with Crippen LogP contribution in [0.25, 0.3) is 0 Å². The normalized spacial score (nSPS) is 12.6. The zero-order valence-corrected chi connectivity index (χ0v) is 18.4. The van der Waals surface area contributed by atoms with Crippen molar-refractivity contribution >= 4 is 11.4 Å². The van der Waals surface area contributed by atoms with Crippen molar-refractivity contribution in [3.63, 3.8) is 0 Å². The molecular formula is C21H7F15N2O2. The van der Waals surface area contributed by atoms with Crippen molar-refractivity contribution in [1.82, 2.24) is 0 Å². The number of hydrogen-bond acceptors (Lipinski definition) is 4. The summed E-state index contributed by atoms with van der Waals surface area (Å²) in [6.45, 7) is 0. The Morgan fingerprint density at radius 2 is 0.725 bits per heavy atom. The van der Waals surface area contributed by atoms with Gasteiger partial charge in [0.25, 0.3) is 0 Å². The van der Waals surface area contributed by atoms with Gasteiger partial charge in [-0.05, 0) is 0 Å². The summed E-state index contributed by atoms with van der Waals surface area (Å²) in [5.74, 6) is -23.5. The molecule has 19 heteroatoms. The van der Waals surface area contributed by atoms with Crippen molar-refractivity contribution in [3.8, 4) is 23.0 Å². The lowest BCUT2D eigenvalue weighted by molar-refractivity contribution is -0.143. The highest BCUT2D eigenvalue weighted by atomic mass is 19.4. The van der Waals surface area contributed by atoms with E-state index in [4.69, 9.17) is 11.5 Å². The maximum atomic E-state index is 14.5. The van der Waals surface area contributed by atoms with Crippen LogP contribution in [-0.4, -0.2) is 0 Å². The van der Waals surface area contributed by atoms with Crippen molar-refractivity contribution in [2.24, 2.45) is 0 Å². The number of alkyl halides is 9. The molecule has 0 amide bonds. The molecule has 0 aliphatic carbocycles. The fourth-order valence-electron chi connectivity index (χ4n) is 3.15. The van der Waals surface area contributed by atoms with Crippen LogP contribution in [0.3, 0.4) is 0 Å². The highest BCUT2D eigenvalue weighted by molar-refractivity contribution is 5.56. The molecule has 0 aromatic heterocycles. The Hall–Kier alpha value is -4.19. The van der Waals surface area contributed by atoms with Gasteiger partial charge < -0.3 is 20.9 Å². The molecule has 4 nitrogen and oxygen atoms in total. The van der Waals surface area contributed by atoms with Crippen LogP contribution in [0.5, 0.6) is 23.0 Å². The molecule has 0 aliphatic rings. The maximum absolute atomic E-state index is 14.5. The molecular weight excluding hydrogens is 597 g/mol. The van der Waals surface area contributed by atoms with Crippen LogP contribution in [0.15, 0.2) is 18.2 Å². The Bertz CT molecular complexity index is 1490. The molecule has 0 saturated heterocycles. The standard InChI is InChI=1S/C21H7F15N2O2/c22-13-4(37)1-7(15(24)11(13)20(31,32)33)39-6-3-9(17(26)18(27)10(6)19(28,29)30)40-8-2-5(38)14(23)12(16(8)25)21(34,35)36/h1-3H,37-38H2. The molecule has 0 saturated carbocycles. The molecule has 0 bridgehead atoms. The first kappa shape index (κ1) is 30.4. The van der Waals surface area contributed by atoms with Crippen LogP contribution < -0.4 is 20.9 Å². The minimum absolute atomic E-state index is 0.0363. The SMILES string of the molecule is Nc1cc(Oc2cc(Oc3cc(N)c(F)c(C(F)(F)F)c3F)c(C(F)(F)F)c(F)c2F)c(F)c(C(F)(F)F)c1F. The molecule has 0 aliphatic heterocycles. The molecule has 3 aromatic carbocycles. The first-order valence-corrected chi connectivity index (χ1v) is 9.71. The van der Waals surface area contributed by atoms with Crippen LogP contribution in [0.1, 0.15) is 16.7 Å². The van der Waals surface area contributed by atoms with Crippen molar-refractivity contribution < 1.29 is 75.3 Å². The van der Waals surface area contributed by atoms with Gasteiger partial charge in [0, 0.05) is 18.2 Å². The van der Waals surface area contributed by atoms with E-state index in [-0.39, 0.29) is 18.2 Å². The number of rotatable bonds is 4. The van der Waals surface area contributed by atoms with Gasteiger partial charge in [0.1, 0.15) is 22.4 Å². The van der Waals surface area contributed by atoms with Crippen LogP contribution >= 0.6 is 0 Å². The van der Waals surface area contributed by atoms with Crippen molar-refractivity contribution in [2.75, 3.05) is 11.5 Å². The van der Waals surface area contributed by atoms with Crippen LogP contribution in [0.2, 0.25) is 0 Å². The molecule has 0 spiro atoms. The van der Waals surface area contributed by atoms with E-state index >= 15 is 0 Å². The minimum Gasteiger partial charge on any atom is -0.453 e. The zero-order valence-electron chi connectivity index (χ0n) is 18.4. The first-order chi connectivity index (χ1) is 18.1. The first-order valence-electron chi connectivity index (χ1n) is 9.71. The van der Waals surface area contributed by atoms with Crippen LogP contribution in [0.4, 0.5) is 77.2 Å². The molecule has 0 radical (unpaired) electrons. The molecule has 218 valence electrons. The second kappa shape index (κ2) is 9.77. The largest absolute Gasteiger partial charge is 0.453 e. The van der Waals surface area contributed by atoms with Gasteiger partial charge in [-0.25, -0.2) is 22.0 Å². The third kappa shape index (κ3) is 5.44. The van der Waals surface area contributed by atoms with Gasteiger partial charge in [-0.1, -0.05) is 0 Å². The van der Waals surface area contributed by atoms with Gasteiger partial charge in [0.15, 0.2) is 46.3 Å². The van der Waals surface area contributed by atoms with Crippen molar-refractivity contribution in [1.29, 1.82) is 0 Å². The van der Waals surface area contributed by atoms with Gasteiger partial charge in [0.05, 0.1) is 11.4 Å². The molecule has 40 heavy (non-hydrogen) atoms. The van der Waals surface area contributed by atoms with Crippen molar-refractivity contribution in [2.45, 2.75) is 18.5 Å². The zero-order chi connectivity index (χ0) is 30.7. The third-order valence-corrected chi connectivity index (χ3v) is 4.82. The molecule has 0 atom stereocenters. The molecule has 3 aromatic rings. The monoisotopic (exact) mass is 604 g/mol. The Labute approximate surface area is 210 Å². The Morgan fingerprint density at radius 1 is 0.400 bits per heavy atom. The minimum atomic E-state index is -5.96. The van der Waals surface area contributed by atoms with Gasteiger partial charge in [-0.3, -0.25) is 0 Å². The number of hydrogen-bond donors (Lipinski definition) is 2. The van der Waals surface area contributed by atoms with Crippen LogP contribution in [0, 0.1) is 34.9 Å². The second-order valence-corrected chi connectivity index (χ2v) is 7.51. The van der Waals surface area contributed by atoms with E-state index in [1.165, 1.54) is 0 Å². The summed E-state index contributed by atoms with van der Waals surface area (Å²) in [5, 5.41) is 0. The Kier molecular flexibility index (Phi) is 7.42. The Morgan fingerprint density at radius 3 is 1.07 bits per heavy atom. The van der Waals surface area contributed by atoms with E-state index in [2.05, 4.69) is 9.47 Å². The number of ether oxygens (including phenoxy) is 2. The summed E-state index contributed by atoms with van der Waals surface area (Å²) in [4.78, 5) is 0. The van der Waals surface area contributed by atoms with E-state index in [1.54, 1.807) is 0 Å². The average Bonchev–Trinajstić information content (AvgIpc) is 2.76. The van der Waals surface area contributed by atoms with E-state index in [0.717, 1.165) is 0 Å². The lowest BCUT2D eigenvalue weighted by Gasteiger charge is -2.20. The number of benzene rings is 3. The maximum Gasteiger partial charge on any atom is 0.422 e. The number of nitrogens with two attached hydrogens (primary N) is 2. The smallest absolute Gasteiger partial charge is 0.422 e. The van der Waals surface area contributed by atoms with E-state index in [0.29, 0.717) is 0 Å². The lowest BCUT2D eigenvalue weighted by atomic mass is 10.1. The fraction of sp³-hybridized carbons (Fsp3) is 0.143. The molecule has 0 unspecified atom stereocenters. The van der Waals surface area contributed by atoms with Gasteiger partial charge >= 0.3 is 18.5 Å². The van der Waals surface area contributed by atoms with E-state index in [1.807, 2.05) is 0 Å². The second-order valence-electron chi connectivity index (χ2n) is 7.51. The lowest BCUT2D eigenvalue weighted by Crippen LogP contribution is -2.16. The van der Waals surface area contributed by atoms with Crippen LogP contribution in [-0.2, 0) is 18.5 Å². The van der Waals surface area contributed by atoms with E-state index in [9.17, 15) is 65.9 Å². The summed E-state index contributed by atoms with van der Waals surface area (Å²) in [6, 6.07) is -0.511. The number of halogens is 15. The summed E-state index contributed by atoms with van der Waals surface area (Å²) in [6.07, 6.45) is -17.6. The van der Waals surface area contributed by atoms with E-state index < -0.39 is 104 Å². The average molecular weight is 604 g/mol. The fourth-order valence-corrected chi connectivity index (χ4v) is 3.15. The van der Waals surface area contributed by atoms with Crippen molar-refractivity contribution in [3.05, 3.63) is 69.8 Å². The number of nitrogen functional groups attached to an aromatic ring is 2. The molecule has 0 fully saturated rings. The van der Waals surface area contributed by atoms with Gasteiger partial charge in [-0.2, -0.15) is 43.9 Å². The highest BCUT2D eigenvalue weighted by Gasteiger charge is 2.44. The molecule has 3 rings (SSSR count). The van der Waals surface area contributed by atoms with Gasteiger partial charge in [-0.15, -0.1) is 0 Å². The summed E-state index contributed by atoms with van der Waals surface area (Å²) in [7, 11) is 0. The third-order valence-electron chi connectivity index (χ3n) is 4.82. The summed E-state index contributed by atoms with van der Waals surface area (Å²) < 4.78 is 213. The molecule has 0 heterocycles. The predicted molar refractivity (Wildman–Crippen MR) is 103 cm³/mol. The number of anilines is 2.